The van der Waals surface area contributed by atoms with E-state index in [0.29, 0.717) is 19.3 Å². The number of carbonyl (C=O) groups is 3. The summed E-state index contributed by atoms with van der Waals surface area (Å²) in [5, 5.41) is 0. The fourth-order valence-corrected chi connectivity index (χ4v) is 8.17. The quantitative estimate of drug-likeness (QED) is 0.0345. The van der Waals surface area contributed by atoms with Crippen molar-refractivity contribution in [3.63, 3.8) is 0 Å². The molecule has 0 N–H and O–H groups in total. The van der Waals surface area contributed by atoms with Crippen molar-refractivity contribution in [3.8, 4) is 0 Å². The molecule has 0 saturated heterocycles. The van der Waals surface area contributed by atoms with Crippen LogP contribution < -0.4 is 0 Å². The van der Waals surface area contributed by atoms with Crippen LogP contribution in [0.25, 0.3) is 0 Å². The highest BCUT2D eigenvalue weighted by Gasteiger charge is 2.19. The molecule has 0 amide bonds. The summed E-state index contributed by atoms with van der Waals surface area (Å²) in [6.07, 6.45) is 48.0. The molecule has 0 aliphatic rings. The average molecular weight is 849 g/mol. The predicted octanol–water partition coefficient (Wildman–Crippen LogP) is 17.3. The number of carbonyl (C=O) groups excluding carboxylic acids is 3. The van der Waals surface area contributed by atoms with Gasteiger partial charge in [0.1, 0.15) is 13.2 Å². The van der Waals surface area contributed by atoms with E-state index in [4.69, 9.17) is 14.2 Å². The molecule has 0 aromatic heterocycles. The van der Waals surface area contributed by atoms with E-state index in [0.717, 1.165) is 69.6 Å². The van der Waals surface area contributed by atoms with Gasteiger partial charge in [0.05, 0.1) is 0 Å². The SMILES string of the molecule is CCCCCCCCCCCCCCCCC(=O)O[C@H](COC(=O)CCCCCCCCCCCCCCCC(C)C)COC(=O)CCCCCCCCCCCC(C)C. The number of rotatable bonds is 48. The van der Waals surface area contributed by atoms with Crippen molar-refractivity contribution in [2.24, 2.45) is 11.8 Å². The lowest BCUT2D eigenvalue weighted by Gasteiger charge is -2.18. The molecule has 0 unspecified atom stereocenters. The Morgan fingerprint density at radius 2 is 0.550 bits per heavy atom. The van der Waals surface area contributed by atoms with E-state index in [1.807, 2.05) is 0 Å². The van der Waals surface area contributed by atoms with Gasteiger partial charge in [0.15, 0.2) is 6.10 Å². The van der Waals surface area contributed by atoms with Gasteiger partial charge in [-0.2, -0.15) is 0 Å². The molecule has 1 atom stereocenters. The van der Waals surface area contributed by atoms with Gasteiger partial charge in [0.25, 0.3) is 0 Å². The van der Waals surface area contributed by atoms with Crippen LogP contribution >= 0.6 is 0 Å². The lowest BCUT2D eigenvalue weighted by Crippen LogP contribution is -2.30. The second kappa shape index (κ2) is 46.9. The maximum atomic E-state index is 12.8. The number of ether oxygens (including phenoxy) is 3. The molecule has 356 valence electrons. The third-order valence-corrected chi connectivity index (χ3v) is 12.2. The summed E-state index contributed by atoms with van der Waals surface area (Å²) in [6.45, 7) is 11.4. The van der Waals surface area contributed by atoms with E-state index < -0.39 is 6.10 Å². The Labute approximate surface area is 374 Å². The molecule has 0 radical (unpaired) electrons. The Bertz CT molecular complexity index is 916. The first kappa shape index (κ1) is 58.4. The van der Waals surface area contributed by atoms with Crippen molar-refractivity contribution in [1.29, 1.82) is 0 Å². The number of hydrogen-bond donors (Lipinski definition) is 0. The second-order valence-corrected chi connectivity index (χ2v) is 19.5. The number of esters is 3. The molecule has 0 saturated carbocycles. The van der Waals surface area contributed by atoms with Crippen LogP contribution in [0.2, 0.25) is 0 Å². The van der Waals surface area contributed by atoms with Gasteiger partial charge in [-0.1, -0.05) is 259 Å². The minimum Gasteiger partial charge on any atom is -0.462 e. The summed E-state index contributed by atoms with van der Waals surface area (Å²) in [6, 6.07) is 0. The van der Waals surface area contributed by atoms with Gasteiger partial charge in [-0.3, -0.25) is 14.4 Å². The van der Waals surface area contributed by atoms with E-state index in [2.05, 4.69) is 34.6 Å². The van der Waals surface area contributed by atoms with Crippen LogP contribution in [0.1, 0.15) is 298 Å². The smallest absolute Gasteiger partial charge is 0.306 e. The third kappa shape index (κ3) is 47.5. The summed E-state index contributed by atoms with van der Waals surface area (Å²) in [4.78, 5) is 38.0. The van der Waals surface area contributed by atoms with E-state index in [1.165, 1.54) is 186 Å². The number of hydrogen-bond acceptors (Lipinski definition) is 6. The van der Waals surface area contributed by atoms with Gasteiger partial charge >= 0.3 is 17.9 Å². The van der Waals surface area contributed by atoms with Gasteiger partial charge in [0, 0.05) is 19.3 Å². The molecule has 0 fully saturated rings. The average Bonchev–Trinajstić information content (AvgIpc) is 3.22. The van der Waals surface area contributed by atoms with Gasteiger partial charge < -0.3 is 14.2 Å². The van der Waals surface area contributed by atoms with Crippen molar-refractivity contribution in [2.45, 2.75) is 304 Å². The first-order chi connectivity index (χ1) is 29.2. The van der Waals surface area contributed by atoms with Crippen LogP contribution in [0.5, 0.6) is 0 Å². The summed E-state index contributed by atoms with van der Waals surface area (Å²) in [5.74, 6) is 0.802. The highest BCUT2D eigenvalue weighted by molar-refractivity contribution is 5.71. The maximum absolute atomic E-state index is 12.8. The lowest BCUT2D eigenvalue weighted by molar-refractivity contribution is -0.167. The monoisotopic (exact) mass is 849 g/mol. The Morgan fingerprint density at radius 1 is 0.317 bits per heavy atom. The Morgan fingerprint density at radius 3 is 0.817 bits per heavy atom. The van der Waals surface area contributed by atoms with Crippen molar-refractivity contribution in [3.05, 3.63) is 0 Å². The van der Waals surface area contributed by atoms with E-state index in [9.17, 15) is 14.4 Å². The van der Waals surface area contributed by atoms with E-state index in [-0.39, 0.29) is 31.1 Å². The highest BCUT2D eigenvalue weighted by Crippen LogP contribution is 2.17. The summed E-state index contributed by atoms with van der Waals surface area (Å²) < 4.78 is 16.8. The summed E-state index contributed by atoms with van der Waals surface area (Å²) in [7, 11) is 0. The normalized spacial score (nSPS) is 12.1. The summed E-state index contributed by atoms with van der Waals surface area (Å²) >= 11 is 0. The minimum absolute atomic E-state index is 0.0635. The number of unbranched alkanes of at least 4 members (excludes halogenated alkanes) is 33. The van der Waals surface area contributed by atoms with Gasteiger partial charge in [0.2, 0.25) is 0 Å². The van der Waals surface area contributed by atoms with Crippen LogP contribution in [-0.2, 0) is 28.6 Å². The molecule has 0 aliphatic carbocycles. The first-order valence-electron chi connectivity index (χ1n) is 26.7. The van der Waals surface area contributed by atoms with Crippen LogP contribution in [-0.4, -0.2) is 37.2 Å². The molecule has 6 nitrogen and oxygen atoms in total. The predicted molar refractivity (Wildman–Crippen MR) is 256 cm³/mol. The maximum Gasteiger partial charge on any atom is 0.306 e. The van der Waals surface area contributed by atoms with E-state index >= 15 is 0 Å². The minimum atomic E-state index is -0.762. The first-order valence-corrected chi connectivity index (χ1v) is 26.7. The van der Waals surface area contributed by atoms with Crippen LogP contribution in [0.4, 0.5) is 0 Å². The van der Waals surface area contributed by atoms with Crippen LogP contribution in [0, 0.1) is 11.8 Å². The summed E-state index contributed by atoms with van der Waals surface area (Å²) in [5.41, 5.74) is 0. The largest absolute Gasteiger partial charge is 0.462 e. The Hall–Kier alpha value is -1.59. The standard InChI is InChI=1S/C54H104O6/c1-6-7-8-9-10-11-12-13-16-20-25-31-36-41-46-54(57)60-51(48-59-53(56)45-40-35-30-26-21-23-28-33-38-43-50(4)5)47-58-52(55)44-39-34-29-24-19-17-14-15-18-22-27-32-37-42-49(2)3/h49-51H,6-48H2,1-5H3/t51-/m1/s1. The van der Waals surface area contributed by atoms with Crippen molar-refractivity contribution >= 4 is 17.9 Å². The fourth-order valence-electron chi connectivity index (χ4n) is 8.17. The molecular formula is C54H104O6. The molecule has 0 aromatic rings. The van der Waals surface area contributed by atoms with Gasteiger partial charge in [-0.15, -0.1) is 0 Å². The zero-order valence-corrected chi connectivity index (χ0v) is 41.1. The molecule has 60 heavy (non-hydrogen) atoms. The van der Waals surface area contributed by atoms with Crippen molar-refractivity contribution in [1.82, 2.24) is 0 Å². The molecule has 0 aromatic carbocycles. The van der Waals surface area contributed by atoms with Crippen molar-refractivity contribution in [2.75, 3.05) is 13.2 Å². The second-order valence-electron chi connectivity index (χ2n) is 19.5. The third-order valence-electron chi connectivity index (χ3n) is 12.2. The van der Waals surface area contributed by atoms with Gasteiger partial charge in [-0.25, -0.2) is 0 Å². The Kier molecular flexibility index (Phi) is 45.7. The van der Waals surface area contributed by atoms with Crippen LogP contribution in [0.3, 0.4) is 0 Å². The van der Waals surface area contributed by atoms with E-state index in [1.54, 1.807) is 0 Å². The molecule has 0 rings (SSSR count). The molecular weight excluding hydrogens is 745 g/mol. The van der Waals surface area contributed by atoms with Crippen LogP contribution in [0.15, 0.2) is 0 Å². The molecule has 0 aliphatic heterocycles. The molecule has 6 heteroatoms. The fraction of sp³-hybridized carbons (Fsp3) is 0.944. The van der Waals surface area contributed by atoms with Gasteiger partial charge in [-0.05, 0) is 31.1 Å². The topological polar surface area (TPSA) is 78.9 Å². The van der Waals surface area contributed by atoms with Crippen molar-refractivity contribution < 1.29 is 28.6 Å². The Balaban J connectivity index is 4.30. The lowest BCUT2D eigenvalue weighted by atomic mass is 10.0. The molecule has 0 bridgehead atoms. The zero-order valence-electron chi connectivity index (χ0n) is 41.1. The highest BCUT2D eigenvalue weighted by atomic mass is 16.6. The molecule has 0 spiro atoms. The zero-order chi connectivity index (χ0) is 44.0. The molecule has 0 heterocycles.